The molecule has 0 fully saturated rings. The van der Waals surface area contributed by atoms with Crippen LogP contribution in [0.4, 0.5) is 5.95 Å². The second kappa shape index (κ2) is 8.82. The number of nitrogens with two attached hydrogens (primary N) is 1. The molecular weight excluding hydrogens is 330 g/mol. The lowest BCUT2D eigenvalue weighted by atomic mass is 10.2. The number of amides is 1. The second-order valence-electron chi connectivity index (χ2n) is 4.62. The van der Waals surface area contributed by atoms with Gasteiger partial charge in [-0.15, -0.1) is 11.3 Å². The number of anilines is 1. The van der Waals surface area contributed by atoms with Gasteiger partial charge < -0.3 is 10.8 Å². The molecule has 1 amide bonds. The fourth-order valence-electron chi connectivity index (χ4n) is 1.59. The Bertz CT molecular complexity index is 754. The average Bonchev–Trinajstić information content (AvgIpc) is 3.27. The molecule has 0 spiro atoms. The molecule has 126 valence electrons. The quantitative estimate of drug-likeness (QED) is 0.547. The van der Waals surface area contributed by atoms with E-state index in [0.717, 1.165) is 10.6 Å². The zero-order valence-corrected chi connectivity index (χ0v) is 13.7. The summed E-state index contributed by atoms with van der Waals surface area (Å²) in [6.45, 7) is 2.50. The summed E-state index contributed by atoms with van der Waals surface area (Å²) in [6.07, 6.45) is 0. The molecule has 3 rings (SSSR count). The van der Waals surface area contributed by atoms with Crippen molar-refractivity contribution < 1.29 is 9.90 Å². The Morgan fingerprint density at radius 3 is 2.67 bits per heavy atom. The van der Waals surface area contributed by atoms with E-state index in [1.165, 1.54) is 16.9 Å². The number of aliphatic hydroxyl groups excluding tert-OH is 1. The number of hydrogen-bond acceptors (Lipinski definition) is 8. The van der Waals surface area contributed by atoms with E-state index < -0.39 is 0 Å². The van der Waals surface area contributed by atoms with Crippen LogP contribution in [0.2, 0.25) is 0 Å². The van der Waals surface area contributed by atoms with Gasteiger partial charge in [-0.2, -0.15) is 0 Å². The molecule has 0 radical (unpaired) electrons. The first-order valence-electron chi connectivity index (χ1n) is 7.02. The number of rotatable bonds is 4. The van der Waals surface area contributed by atoms with Crippen molar-refractivity contribution in [1.29, 1.82) is 0 Å². The Kier molecular flexibility index (Phi) is 6.49. The lowest BCUT2D eigenvalue weighted by molar-refractivity contribution is 0.102. The molecule has 10 heteroatoms. The zero-order chi connectivity index (χ0) is 17.4. The number of aromatic amines is 1. The number of tetrazole rings is 1. The second-order valence-corrected chi connectivity index (χ2v) is 5.48. The smallest absolute Gasteiger partial charge is 0.277 e. The number of nitrogens with zero attached hydrogens (tertiary/aromatic N) is 4. The SMILES string of the molecule is Cc1ccc(-c2nc(C(=O)Nc3nnn[nH]3)cs2)cc1.NCCO. The minimum atomic E-state index is -0.349. The Morgan fingerprint density at radius 1 is 1.38 bits per heavy atom. The van der Waals surface area contributed by atoms with Crippen molar-refractivity contribution in [2.45, 2.75) is 6.92 Å². The molecule has 0 atom stereocenters. The summed E-state index contributed by atoms with van der Waals surface area (Å²) < 4.78 is 0. The largest absolute Gasteiger partial charge is 0.395 e. The molecular formula is C14H17N7O2S. The third-order valence-electron chi connectivity index (χ3n) is 2.74. The molecule has 3 aromatic rings. The third kappa shape index (κ3) is 4.91. The number of aromatic nitrogens is 5. The maximum atomic E-state index is 11.9. The van der Waals surface area contributed by atoms with Gasteiger partial charge in [0.1, 0.15) is 10.7 Å². The minimum absolute atomic E-state index is 0.0972. The summed E-state index contributed by atoms with van der Waals surface area (Å²) in [5.41, 5.74) is 7.28. The van der Waals surface area contributed by atoms with Crippen molar-refractivity contribution >= 4 is 23.2 Å². The van der Waals surface area contributed by atoms with Crippen LogP contribution in [-0.4, -0.2) is 49.8 Å². The Balaban J connectivity index is 0.000000471. The monoisotopic (exact) mass is 347 g/mol. The van der Waals surface area contributed by atoms with Crippen LogP contribution in [0.15, 0.2) is 29.6 Å². The summed E-state index contributed by atoms with van der Waals surface area (Å²) in [5, 5.41) is 25.6. The first-order valence-corrected chi connectivity index (χ1v) is 7.90. The molecule has 9 nitrogen and oxygen atoms in total. The summed E-state index contributed by atoms with van der Waals surface area (Å²) >= 11 is 1.42. The summed E-state index contributed by atoms with van der Waals surface area (Å²) in [5.74, 6) is -0.155. The Hall–Kier alpha value is -2.69. The van der Waals surface area contributed by atoms with Gasteiger partial charge in [0, 0.05) is 17.5 Å². The molecule has 0 aliphatic carbocycles. The summed E-state index contributed by atoms with van der Waals surface area (Å²) in [4.78, 5) is 16.2. The number of hydrogen-bond donors (Lipinski definition) is 4. The number of aryl methyl sites for hydroxylation is 1. The van der Waals surface area contributed by atoms with E-state index >= 15 is 0 Å². The normalized spacial score (nSPS) is 9.96. The molecule has 1 aromatic carbocycles. The molecule has 0 aliphatic heterocycles. The van der Waals surface area contributed by atoms with Crippen LogP contribution >= 0.6 is 11.3 Å². The molecule has 5 N–H and O–H groups in total. The van der Waals surface area contributed by atoms with E-state index in [2.05, 4.69) is 30.9 Å². The van der Waals surface area contributed by atoms with Crippen LogP contribution in [-0.2, 0) is 0 Å². The van der Waals surface area contributed by atoms with Gasteiger partial charge in [-0.25, -0.2) is 10.1 Å². The Morgan fingerprint density at radius 2 is 2.08 bits per heavy atom. The van der Waals surface area contributed by atoms with Gasteiger partial charge in [-0.05, 0) is 17.4 Å². The maximum absolute atomic E-state index is 11.9. The van der Waals surface area contributed by atoms with Crippen molar-refractivity contribution in [3.8, 4) is 10.6 Å². The van der Waals surface area contributed by atoms with E-state index in [0.29, 0.717) is 12.2 Å². The summed E-state index contributed by atoms with van der Waals surface area (Å²) in [6, 6.07) is 7.99. The number of carbonyl (C=O) groups is 1. The predicted molar refractivity (Wildman–Crippen MR) is 90.6 cm³/mol. The van der Waals surface area contributed by atoms with E-state index in [9.17, 15) is 4.79 Å². The molecule has 0 unspecified atom stereocenters. The van der Waals surface area contributed by atoms with E-state index in [4.69, 9.17) is 10.8 Å². The van der Waals surface area contributed by atoms with Gasteiger partial charge in [0.05, 0.1) is 6.61 Å². The first-order chi connectivity index (χ1) is 11.6. The van der Waals surface area contributed by atoms with E-state index in [1.54, 1.807) is 5.38 Å². The van der Waals surface area contributed by atoms with Crippen LogP contribution in [0.5, 0.6) is 0 Å². The number of aliphatic hydroxyl groups is 1. The third-order valence-corrected chi connectivity index (χ3v) is 3.63. The molecule has 0 bridgehead atoms. The highest BCUT2D eigenvalue weighted by atomic mass is 32.1. The van der Waals surface area contributed by atoms with Crippen LogP contribution in [0.3, 0.4) is 0 Å². The highest BCUT2D eigenvalue weighted by Crippen LogP contribution is 2.24. The predicted octanol–water partition coefficient (Wildman–Crippen LogP) is 0.821. The van der Waals surface area contributed by atoms with Gasteiger partial charge in [0.2, 0.25) is 5.95 Å². The number of nitrogens with one attached hydrogen (secondary N) is 2. The van der Waals surface area contributed by atoms with Crippen LogP contribution < -0.4 is 11.1 Å². The topological polar surface area (TPSA) is 143 Å². The van der Waals surface area contributed by atoms with Crippen LogP contribution in [0.25, 0.3) is 10.6 Å². The first kappa shape index (κ1) is 17.7. The number of benzene rings is 1. The standard InChI is InChI=1S/C12H10N6OS.C2H7NO/c1-7-2-4-8(5-3-7)11-13-9(6-20-11)10(19)14-12-15-17-18-16-12;3-1-2-4/h2-6H,1H3,(H2,14,15,16,17,18,19);4H,1-3H2. The molecule has 0 saturated heterocycles. The molecule has 2 aromatic heterocycles. The van der Waals surface area contributed by atoms with Gasteiger partial charge in [-0.3, -0.25) is 10.1 Å². The van der Waals surface area contributed by atoms with Gasteiger partial charge in [-0.1, -0.05) is 34.9 Å². The van der Waals surface area contributed by atoms with Crippen molar-refractivity contribution in [3.05, 3.63) is 40.9 Å². The van der Waals surface area contributed by atoms with Gasteiger partial charge >= 0.3 is 0 Å². The fourth-order valence-corrected chi connectivity index (χ4v) is 2.40. The molecule has 0 saturated carbocycles. The number of H-pyrrole nitrogens is 1. The highest BCUT2D eigenvalue weighted by molar-refractivity contribution is 7.13. The number of thiazole rings is 1. The number of carbonyl (C=O) groups excluding carboxylic acids is 1. The van der Waals surface area contributed by atoms with Crippen molar-refractivity contribution in [2.75, 3.05) is 18.5 Å². The van der Waals surface area contributed by atoms with Crippen molar-refractivity contribution in [1.82, 2.24) is 25.6 Å². The summed E-state index contributed by atoms with van der Waals surface area (Å²) in [7, 11) is 0. The minimum Gasteiger partial charge on any atom is -0.395 e. The van der Waals surface area contributed by atoms with Gasteiger partial charge in [0.15, 0.2) is 0 Å². The molecule has 24 heavy (non-hydrogen) atoms. The highest BCUT2D eigenvalue weighted by Gasteiger charge is 2.13. The average molecular weight is 347 g/mol. The van der Waals surface area contributed by atoms with E-state index in [1.807, 2.05) is 31.2 Å². The van der Waals surface area contributed by atoms with Crippen molar-refractivity contribution in [3.63, 3.8) is 0 Å². The van der Waals surface area contributed by atoms with Crippen LogP contribution in [0.1, 0.15) is 16.1 Å². The molecule has 2 heterocycles. The fraction of sp³-hybridized carbons (Fsp3) is 0.214. The lowest BCUT2D eigenvalue weighted by Crippen LogP contribution is -2.13. The molecule has 0 aliphatic rings. The maximum Gasteiger partial charge on any atom is 0.277 e. The lowest BCUT2D eigenvalue weighted by Gasteiger charge is -1.97. The Labute approximate surface area is 141 Å². The zero-order valence-electron chi connectivity index (χ0n) is 12.9. The van der Waals surface area contributed by atoms with Crippen molar-refractivity contribution in [2.24, 2.45) is 5.73 Å². The van der Waals surface area contributed by atoms with Gasteiger partial charge in [0.25, 0.3) is 5.91 Å². The van der Waals surface area contributed by atoms with E-state index in [-0.39, 0.29) is 18.5 Å². The van der Waals surface area contributed by atoms with Crippen LogP contribution in [0, 0.1) is 6.92 Å².